The molecular weight excluding hydrogens is 498 g/mol. The summed E-state index contributed by atoms with van der Waals surface area (Å²) in [5.41, 5.74) is 3.16. The van der Waals surface area contributed by atoms with E-state index in [1.165, 1.54) is 6.07 Å². The first-order chi connectivity index (χ1) is 18.1. The zero-order chi connectivity index (χ0) is 27.3. The van der Waals surface area contributed by atoms with Crippen LogP contribution in [-0.4, -0.2) is 17.7 Å². The summed E-state index contributed by atoms with van der Waals surface area (Å²) in [6.45, 7) is 6.33. The lowest BCUT2D eigenvalue weighted by Gasteiger charge is -2.19. The second-order valence-corrected chi connectivity index (χ2v) is 10.4. The molecule has 0 aliphatic rings. The van der Waals surface area contributed by atoms with Gasteiger partial charge in [0, 0.05) is 27.4 Å². The number of hydrogen-bond acceptors (Lipinski definition) is 4. The molecule has 0 fully saturated rings. The standard InChI is InChI=1S/C32H28ClNO4/c1-32(2,3)25-16-12-23(13-17-25)30(36)34-27-11-7-10-24(20-27)31(37)38-29(22-14-18-26(33)19-15-22)28(35)21-8-5-4-6-9-21/h4-20,29H,1-3H3,(H,34,36)/t29-/m1/s1. The van der Waals surface area contributed by atoms with E-state index < -0.39 is 12.1 Å². The summed E-state index contributed by atoms with van der Waals surface area (Å²) in [7, 11) is 0. The maximum atomic E-state index is 13.3. The smallest absolute Gasteiger partial charge is 0.339 e. The van der Waals surface area contributed by atoms with Crippen LogP contribution in [-0.2, 0) is 10.2 Å². The minimum atomic E-state index is -1.17. The third-order valence-corrected chi connectivity index (χ3v) is 6.32. The molecule has 0 heterocycles. The average Bonchev–Trinajstić information content (AvgIpc) is 2.92. The Kier molecular flexibility index (Phi) is 8.08. The van der Waals surface area contributed by atoms with Gasteiger partial charge in [-0.2, -0.15) is 0 Å². The van der Waals surface area contributed by atoms with Crippen LogP contribution in [0.25, 0.3) is 0 Å². The van der Waals surface area contributed by atoms with Gasteiger partial charge in [-0.25, -0.2) is 4.79 Å². The Morgan fingerprint density at radius 1 is 0.737 bits per heavy atom. The van der Waals surface area contributed by atoms with E-state index >= 15 is 0 Å². The maximum Gasteiger partial charge on any atom is 0.339 e. The Morgan fingerprint density at radius 2 is 1.37 bits per heavy atom. The molecule has 0 spiro atoms. The van der Waals surface area contributed by atoms with Crippen molar-refractivity contribution in [1.82, 2.24) is 0 Å². The first kappa shape index (κ1) is 26.8. The number of rotatable bonds is 7. The quantitative estimate of drug-likeness (QED) is 0.198. The SMILES string of the molecule is CC(C)(C)c1ccc(C(=O)Nc2cccc(C(=O)O[C@@H](C(=O)c3ccccc3)c3ccc(Cl)cc3)c2)cc1. The van der Waals surface area contributed by atoms with Crippen molar-refractivity contribution in [2.24, 2.45) is 0 Å². The van der Waals surface area contributed by atoms with Crippen molar-refractivity contribution in [2.75, 3.05) is 5.32 Å². The normalized spacial score (nSPS) is 11.9. The lowest BCUT2D eigenvalue weighted by Crippen LogP contribution is -2.20. The van der Waals surface area contributed by atoms with Crippen molar-refractivity contribution in [3.8, 4) is 0 Å². The fourth-order valence-electron chi connectivity index (χ4n) is 3.89. The molecule has 0 aliphatic carbocycles. The van der Waals surface area contributed by atoms with Crippen LogP contribution in [0.5, 0.6) is 0 Å². The maximum absolute atomic E-state index is 13.3. The van der Waals surface area contributed by atoms with Gasteiger partial charge in [-0.15, -0.1) is 0 Å². The number of amides is 1. The van der Waals surface area contributed by atoms with Crippen molar-refractivity contribution < 1.29 is 19.1 Å². The Morgan fingerprint density at radius 3 is 2.00 bits per heavy atom. The van der Waals surface area contributed by atoms with E-state index in [1.54, 1.807) is 84.9 Å². The molecular formula is C32H28ClNO4. The second-order valence-electron chi connectivity index (χ2n) is 9.93. The van der Waals surface area contributed by atoms with Gasteiger partial charge in [0.15, 0.2) is 6.10 Å². The molecule has 4 rings (SSSR count). The summed E-state index contributed by atoms with van der Waals surface area (Å²) in [6.07, 6.45) is -1.17. The van der Waals surface area contributed by atoms with Crippen LogP contribution >= 0.6 is 11.6 Å². The third kappa shape index (κ3) is 6.55. The summed E-state index contributed by atoms with van der Waals surface area (Å²) < 4.78 is 5.72. The number of esters is 1. The molecule has 0 aliphatic heterocycles. The Hall–Kier alpha value is -4.22. The van der Waals surface area contributed by atoms with Crippen LogP contribution in [0.4, 0.5) is 5.69 Å². The van der Waals surface area contributed by atoms with Crippen molar-refractivity contribution in [3.63, 3.8) is 0 Å². The molecule has 4 aromatic rings. The number of ketones is 1. The summed E-state index contributed by atoms with van der Waals surface area (Å²) in [5.74, 6) is -1.35. The van der Waals surface area contributed by atoms with Crippen LogP contribution in [0.1, 0.15) is 69.1 Å². The van der Waals surface area contributed by atoms with E-state index in [4.69, 9.17) is 16.3 Å². The van der Waals surface area contributed by atoms with Gasteiger partial charge < -0.3 is 10.1 Å². The predicted molar refractivity (Wildman–Crippen MR) is 150 cm³/mol. The number of halogens is 1. The van der Waals surface area contributed by atoms with Gasteiger partial charge in [-0.1, -0.05) is 93.0 Å². The predicted octanol–water partition coefficient (Wildman–Crippen LogP) is 7.67. The summed E-state index contributed by atoms with van der Waals surface area (Å²) >= 11 is 6.02. The molecule has 4 aromatic carbocycles. The van der Waals surface area contributed by atoms with Crippen molar-refractivity contribution in [1.29, 1.82) is 0 Å². The van der Waals surface area contributed by atoms with Gasteiger partial charge in [0.2, 0.25) is 5.78 Å². The Labute approximate surface area is 227 Å². The number of anilines is 1. The summed E-state index contributed by atoms with van der Waals surface area (Å²) in [4.78, 5) is 39.3. The molecule has 5 nitrogen and oxygen atoms in total. The second kappa shape index (κ2) is 11.4. The highest BCUT2D eigenvalue weighted by Gasteiger charge is 2.27. The van der Waals surface area contributed by atoms with E-state index in [9.17, 15) is 14.4 Å². The number of hydrogen-bond donors (Lipinski definition) is 1. The van der Waals surface area contributed by atoms with E-state index in [0.29, 0.717) is 27.4 Å². The van der Waals surface area contributed by atoms with Crippen LogP contribution in [0, 0.1) is 0 Å². The monoisotopic (exact) mass is 525 g/mol. The lowest BCUT2D eigenvalue weighted by atomic mass is 9.87. The van der Waals surface area contributed by atoms with Crippen molar-refractivity contribution >= 4 is 34.9 Å². The minimum absolute atomic E-state index is 0.0184. The molecule has 0 aromatic heterocycles. The van der Waals surface area contributed by atoms with Crippen LogP contribution in [0.2, 0.25) is 5.02 Å². The number of ether oxygens (including phenoxy) is 1. The third-order valence-electron chi connectivity index (χ3n) is 6.06. The molecule has 0 saturated heterocycles. The average molecular weight is 526 g/mol. The van der Waals surface area contributed by atoms with E-state index in [-0.39, 0.29) is 22.7 Å². The first-order valence-electron chi connectivity index (χ1n) is 12.2. The highest BCUT2D eigenvalue weighted by Crippen LogP contribution is 2.26. The van der Waals surface area contributed by atoms with Gasteiger partial charge >= 0.3 is 5.97 Å². The largest absolute Gasteiger partial charge is 0.445 e. The summed E-state index contributed by atoms with van der Waals surface area (Å²) in [6, 6.07) is 29.1. The van der Waals surface area contributed by atoms with Gasteiger partial charge in [-0.3, -0.25) is 9.59 Å². The molecule has 1 N–H and O–H groups in total. The van der Waals surface area contributed by atoms with Crippen LogP contribution in [0.3, 0.4) is 0 Å². The van der Waals surface area contributed by atoms with Crippen LogP contribution < -0.4 is 5.32 Å². The van der Waals surface area contributed by atoms with Crippen LogP contribution in [0.15, 0.2) is 103 Å². The highest BCUT2D eigenvalue weighted by molar-refractivity contribution is 6.30. The molecule has 192 valence electrons. The Bertz CT molecular complexity index is 1440. The molecule has 0 saturated carbocycles. The molecule has 1 amide bonds. The fourth-order valence-corrected chi connectivity index (χ4v) is 4.01. The fraction of sp³-hybridized carbons (Fsp3) is 0.156. The number of benzene rings is 4. The van der Waals surface area contributed by atoms with Crippen molar-refractivity contribution in [3.05, 3.63) is 136 Å². The number of nitrogens with one attached hydrogen (secondary N) is 1. The molecule has 0 radical (unpaired) electrons. The molecule has 0 unspecified atom stereocenters. The molecule has 6 heteroatoms. The highest BCUT2D eigenvalue weighted by atomic mass is 35.5. The van der Waals surface area contributed by atoms with E-state index in [2.05, 4.69) is 26.1 Å². The summed E-state index contributed by atoms with van der Waals surface area (Å²) in [5, 5.41) is 3.33. The lowest BCUT2D eigenvalue weighted by molar-refractivity contribution is 0.0280. The molecule has 38 heavy (non-hydrogen) atoms. The van der Waals surface area contributed by atoms with Gasteiger partial charge in [-0.05, 0) is 53.4 Å². The Balaban J connectivity index is 1.53. The topological polar surface area (TPSA) is 72.5 Å². The number of Topliss-reactive ketones (excluding diaryl/α,β-unsaturated/α-hetero) is 1. The molecule has 1 atom stereocenters. The van der Waals surface area contributed by atoms with Crippen molar-refractivity contribution in [2.45, 2.75) is 32.3 Å². The van der Waals surface area contributed by atoms with Gasteiger partial charge in [0.05, 0.1) is 5.56 Å². The van der Waals surface area contributed by atoms with Gasteiger partial charge in [0.1, 0.15) is 0 Å². The first-order valence-corrected chi connectivity index (χ1v) is 12.6. The molecule has 0 bridgehead atoms. The van der Waals surface area contributed by atoms with Gasteiger partial charge in [0.25, 0.3) is 5.91 Å². The minimum Gasteiger partial charge on any atom is -0.445 e. The van der Waals surface area contributed by atoms with E-state index in [0.717, 1.165) is 5.56 Å². The zero-order valence-corrected chi connectivity index (χ0v) is 22.2. The van der Waals surface area contributed by atoms with E-state index in [1.807, 2.05) is 12.1 Å². The zero-order valence-electron chi connectivity index (χ0n) is 21.4. The number of carbonyl (C=O) groups is 3. The number of carbonyl (C=O) groups excluding carboxylic acids is 3.